The molecule has 4 rings (SSSR count). The maximum atomic E-state index is 11.5. The molecule has 1 aliphatic rings. The van der Waals surface area contributed by atoms with Crippen molar-refractivity contribution in [2.75, 3.05) is 23.3 Å². The van der Waals surface area contributed by atoms with E-state index in [0.29, 0.717) is 12.4 Å². The summed E-state index contributed by atoms with van der Waals surface area (Å²) in [6.07, 6.45) is 0.874. The van der Waals surface area contributed by atoms with Crippen LogP contribution in [0.15, 0.2) is 26.2 Å². The van der Waals surface area contributed by atoms with Crippen molar-refractivity contribution in [2.24, 2.45) is 0 Å². The normalized spacial score (nSPS) is 17.2. The molecule has 4 heterocycles. The van der Waals surface area contributed by atoms with Crippen molar-refractivity contribution in [3.8, 4) is 0 Å². The standard InChI is InChI=1S/C16H18BrN7O2/c1-8-5-12(24-15(18-8)14(17)9(2)22-24)19-10-3-4-23(7-10)11-6-13(25)21-16(26)20-11/h5-6,10,19H,3-4,7H2,1-2H3,(H2,20,21,25,26)/t10-/m0/s1. The Bertz CT molecular complexity index is 1070. The quantitative estimate of drug-likeness (QED) is 0.587. The van der Waals surface area contributed by atoms with Crippen molar-refractivity contribution < 1.29 is 0 Å². The summed E-state index contributed by atoms with van der Waals surface area (Å²) in [5.74, 6) is 1.41. The fourth-order valence-corrected chi connectivity index (χ4v) is 3.59. The second-order valence-electron chi connectivity index (χ2n) is 6.47. The monoisotopic (exact) mass is 419 g/mol. The van der Waals surface area contributed by atoms with E-state index in [1.165, 1.54) is 6.07 Å². The number of hydrogen-bond donors (Lipinski definition) is 3. The second kappa shape index (κ2) is 6.27. The van der Waals surface area contributed by atoms with Crippen LogP contribution >= 0.6 is 15.9 Å². The van der Waals surface area contributed by atoms with Gasteiger partial charge in [-0.1, -0.05) is 0 Å². The molecule has 1 fully saturated rings. The average molecular weight is 420 g/mol. The summed E-state index contributed by atoms with van der Waals surface area (Å²) >= 11 is 3.54. The van der Waals surface area contributed by atoms with Gasteiger partial charge in [0.05, 0.1) is 10.2 Å². The molecule has 0 bridgehead atoms. The summed E-state index contributed by atoms with van der Waals surface area (Å²) in [7, 11) is 0. The predicted molar refractivity (Wildman–Crippen MR) is 102 cm³/mol. The van der Waals surface area contributed by atoms with Crippen LogP contribution in [0.3, 0.4) is 0 Å². The van der Waals surface area contributed by atoms with Crippen LogP contribution in [0.25, 0.3) is 5.65 Å². The van der Waals surface area contributed by atoms with Gasteiger partial charge in [-0.2, -0.15) is 9.61 Å². The lowest BCUT2D eigenvalue weighted by Crippen LogP contribution is -2.31. The van der Waals surface area contributed by atoms with Crippen LogP contribution in [0.1, 0.15) is 17.8 Å². The van der Waals surface area contributed by atoms with Gasteiger partial charge in [0, 0.05) is 37.0 Å². The van der Waals surface area contributed by atoms with Gasteiger partial charge in [-0.25, -0.2) is 9.78 Å². The Morgan fingerprint density at radius 3 is 2.85 bits per heavy atom. The van der Waals surface area contributed by atoms with E-state index in [0.717, 1.165) is 40.3 Å². The van der Waals surface area contributed by atoms with Gasteiger partial charge in [0.25, 0.3) is 5.56 Å². The lowest BCUT2D eigenvalue weighted by atomic mass is 10.2. The average Bonchev–Trinajstić information content (AvgIpc) is 3.14. The minimum Gasteiger partial charge on any atom is -0.365 e. The first-order chi connectivity index (χ1) is 12.4. The number of hydrogen-bond acceptors (Lipinski definition) is 6. The molecular weight excluding hydrogens is 402 g/mol. The van der Waals surface area contributed by atoms with Gasteiger partial charge in [0.1, 0.15) is 11.6 Å². The van der Waals surface area contributed by atoms with Gasteiger partial charge in [-0.15, -0.1) is 0 Å². The fraction of sp³-hybridized carbons (Fsp3) is 0.375. The van der Waals surface area contributed by atoms with E-state index in [1.54, 1.807) is 4.52 Å². The number of nitrogens with zero attached hydrogens (tertiary/aromatic N) is 4. The van der Waals surface area contributed by atoms with Crippen LogP contribution in [0.2, 0.25) is 0 Å². The van der Waals surface area contributed by atoms with E-state index in [2.05, 4.69) is 41.3 Å². The molecule has 3 aromatic rings. The van der Waals surface area contributed by atoms with Crippen LogP contribution in [-0.2, 0) is 0 Å². The molecule has 3 aromatic heterocycles. The fourth-order valence-electron chi connectivity index (χ4n) is 3.25. The Balaban J connectivity index is 1.59. The molecule has 10 heteroatoms. The van der Waals surface area contributed by atoms with Crippen molar-refractivity contribution >= 4 is 33.2 Å². The molecule has 0 aromatic carbocycles. The molecule has 0 radical (unpaired) electrons. The topological polar surface area (TPSA) is 111 Å². The van der Waals surface area contributed by atoms with E-state index >= 15 is 0 Å². The Labute approximate surface area is 156 Å². The number of aromatic nitrogens is 5. The molecule has 1 atom stereocenters. The number of fused-ring (bicyclic) bond motifs is 1. The number of nitrogens with one attached hydrogen (secondary N) is 3. The Hall–Kier alpha value is -2.62. The van der Waals surface area contributed by atoms with E-state index in [4.69, 9.17) is 0 Å². The highest BCUT2D eigenvalue weighted by molar-refractivity contribution is 9.10. The number of aryl methyl sites for hydroxylation is 2. The summed E-state index contributed by atoms with van der Waals surface area (Å²) in [6.45, 7) is 5.29. The van der Waals surface area contributed by atoms with Gasteiger partial charge in [-0.05, 0) is 36.2 Å². The van der Waals surface area contributed by atoms with Crippen molar-refractivity contribution in [1.82, 2.24) is 24.6 Å². The summed E-state index contributed by atoms with van der Waals surface area (Å²) < 4.78 is 2.68. The molecule has 0 spiro atoms. The largest absolute Gasteiger partial charge is 0.365 e. The summed E-state index contributed by atoms with van der Waals surface area (Å²) in [4.78, 5) is 34.4. The van der Waals surface area contributed by atoms with Crippen LogP contribution < -0.4 is 21.5 Å². The zero-order valence-electron chi connectivity index (χ0n) is 14.3. The highest BCUT2D eigenvalue weighted by Gasteiger charge is 2.25. The molecule has 0 unspecified atom stereocenters. The van der Waals surface area contributed by atoms with E-state index in [-0.39, 0.29) is 6.04 Å². The number of aromatic amines is 2. The van der Waals surface area contributed by atoms with Crippen molar-refractivity contribution in [3.05, 3.63) is 48.8 Å². The van der Waals surface area contributed by atoms with E-state index < -0.39 is 11.2 Å². The summed E-state index contributed by atoms with van der Waals surface area (Å²) in [5, 5.41) is 8.05. The Morgan fingerprint density at radius 1 is 1.27 bits per heavy atom. The minimum absolute atomic E-state index is 0.158. The summed E-state index contributed by atoms with van der Waals surface area (Å²) in [6, 6.07) is 3.53. The molecule has 1 aliphatic heterocycles. The van der Waals surface area contributed by atoms with Crippen LogP contribution in [-0.4, -0.2) is 43.7 Å². The molecule has 0 amide bonds. The van der Waals surface area contributed by atoms with Crippen LogP contribution in [0.5, 0.6) is 0 Å². The lowest BCUT2D eigenvalue weighted by molar-refractivity contribution is 0.780. The third-order valence-electron chi connectivity index (χ3n) is 4.45. The van der Waals surface area contributed by atoms with E-state index in [9.17, 15) is 9.59 Å². The molecule has 9 nitrogen and oxygen atoms in total. The first kappa shape index (κ1) is 16.8. The van der Waals surface area contributed by atoms with Gasteiger partial charge in [-0.3, -0.25) is 14.8 Å². The first-order valence-corrected chi connectivity index (χ1v) is 9.07. The number of anilines is 2. The molecule has 26 heavy (non-hydrogen) atoms. The minimum atomic E-state index is -0.493. The summed E-state index contributed by atoms with van der Waals surface area (Å²) in [5.41, 5.74) is 1.66. The van der Waals surface area contributed by atoms with Gasteiger partial charge >= 0.3 is 5.69 Å². The first-order valence-electron chi connectivity index (χ1n) is 8.28. The highest BCUT2D eigenvalue weighted by Crippen LogP contribution is 2.25. The SMILES string of the molecule is Cc1cc(N[C@H]2CCN(c3cc(=O)[nH]c(=O)[nH]3)C2)n2nc(C)c(Br)c2n1. The Kier molecular flexibility index (Phi) is 4.06. The lowest BCUT2D eigenvalue weighted by Gasteiger charge is -2.19. The number of halogens is 1. The third kappa shape index (κ3) is 3.00. The predicted octanol–water partition coefficient (Wildman–Crippen LogP) is 1.18. The molecule has 1 saturated heterocycles. The smallest absolute Gasteiger partial charge is 0.327 e. The van der Waals surface area contributed by atoms with Crippen molar-refractivity contribution in [2.45, 2.75) is 26.3 Å². The molecular formula is C16H18BrN7O2. The van der Waals surface area contributed by atoms with Gasteiger partial charge < -0.3 is 10.2 Å². The number of H-pyrrole nitrogens is 2. The van der Waals surface area contributed by atoms with Gasteiger partial charge in [0.2, 0.25) is 0 Å². The Morgan fingerprint density at radius 2 is 2.08 bits per heavy atom. The maximum absolute atomic E-state index is 11.5. The van der Waals surface area contributed by atoms with Gasteiger partial charge in [0.15, 0.2) is 5.65 Å². The molecule has 0 saturated carbocycles. The van der Waals surface area contributed by atoms with Crippen LogP contribution in [0.4, 0.5) is 11.6 Å². The third-order valence-corrected chi connectivity index (χ3v) is 5.38. The molecule has 136 valence electrons. The number of rotatable bonds is 3. The zero-order valence-corrected chi connectivity index (χ0v) is 15.9. The second-order valence-corrected chi connectivity index (χ2v) is 7.26. The highest BCUT2D eigenvalue weighted by atomic mass is 79.9. The molecule has 3 N–H and O–H groups in total. The molecule has 0 aliphatic carbocycles. The van der Waals surface area contributed by atoms with Crippen molar-refractivity contribution in [3.63, 3.8) is 0 Å². The zero-order chi connectivity index (χ0) is 18.4. The maximum Gasteiger partial charge on any atom is 0.327 e. The van der Waals surface area contributed by atoms with Crippen molar-refractivity contribution in [1.29, 1.82) is 0 Å². The van der Waals surface area contributed by atoms with Crippen LogP contribution in [0, 0.1) is 13.8 Å². The van der Waals surface area contributed by atoms with E-state index in [1.807, 2.05) is 24.8 Å².